The van der Waals surface area contributed by atoms with Crippen LogP contribution in [0.1, 0.15) is 37.5 Å². The maximum Gasteiger partial charge on any atom is 0.416 e. The second-order valence-corrected chi connectivity index (χ2v) is 9.09. The Morgan fingerprint density at radius 2 is 1.38 bits per heavy atom. The summed E-state index contributed by atoms with van der Waals surface area (Å²) in [5, 5.41) is 2.44. The van der Waals surface area contributed by atoms with Gasteiger partial charge in [0.2, 0.25) is 0 Å². The number of benzene rings is 1. The van der Waals surface area contributed by atoms with Crippen LogP contribution in [0.25, 0.3) is 0 Å². The Labute approximate surface area is 154 Å². The van der Waals surface area contributed by atoms with Gasteiger partial charge in [0.05, 0.1) is 11.1 Å². The van der Waals surface area contributed by atoms with Crippen molar-refractivity contribution in [1.29, 1.82) is 0 Å². The molecule has 1 nitrogen and oxygen atoms in total. The first-order chi connectivity index (χ1) is 11.8. The lowest BCUT2D eigenvalue weighted by atomic mass is 9.87. The van der Waals surface area contributed by atoms with Crippen LogP contribution in [-0.2, 0) is 17.5 Å². The van der Waals surface area contributed by atoms with Crippen molar-refractivity contribution >= 4 is 17.8 Å². The Balaban J connectivity index is 3.28. The Hall–Kier alpha value is -0.380. The normalized spacial score (nSPS) is 15.8. The van der Waals surface area contributed by atoms with Crippen LogP contribution in [0.4, 0.5) is 26.3 Å². The molecule has 150 valence electrons. The fourth-order valence-electron chi connectivity index (χ4n) is 2.53. The van der Waals surface area contributed by atoms with Crippen LogP contribution < -0.4 is 5.32 Å². The van der Waals surface area contributed by atoms with E-state index >= 15 is 0 Å². The third-order valence-corrected chi connectivity index (χ3v) is 6.85. The third-order valence-electron chi connectivity index (χ3n) is 4.46. The van der Waals surface area contributed by atoms with Gasteiger partial charge in [-0.3, -0.25) is 0 Å². The first-order valence-electron chi connectivity index (χ1n) is 8.28. The lowest BCUT2D eigenvalue weighted by Gasteiger charge is -2.36. The second-order valence-electron chi connectivity index (χ2n) is 6.62. The lowest BCUT2D eigenvalue weighted by molar-refractivity contribution is -0.143. The van der Waals surface area contributed by atoms with Crippen LogP contribution in [0.15, 0.2) is 18.2 Å². The highest BCUT2D eigenvalue weighted by molar-refractivity contribution is 7.39. The molecule has 0 bridgehead atoms. The molecule has 0 aliphatic rings. The molecule has 0 saturated heterocycles. The summed E-state index contributed by atoms with van der Waals surface area (Å²) in [6, 6.07) is 1.94. The van der Waals surface area contributed by atoms with Crippen molar-refractivity contribution in [3.63, 3.8) is 0 Å². The second kappa shape index (κ2) is 9.21. The molecule has 3 atom stereocenters. The monoisotopic (exact) mass is 419 g/mol. The first-order valence-corrected chi connectivity index (χ1v) is 10.3. The van der Waals surface area contributed by atoms with Crippen LogP contribution in [0, 0.1) is 5.92 Å². The minimum atomic E-state index is -4.82. The molecule has 0 amide bonds. The number of alkyl halides is 6. The van der Waals surface area contributed by atoms with Gasteiger partial charge in [-0.1, -0.05) is 20.8 Å². The highest BCUT2D eigenvalue weighted by Crippen LogP contribution is 2.49. The minimum absolute atomic E-state index is 0.0963. The number of rotatable bonds is 8. The van der Waals surface area contributed by atoms with E-state index in [1.165, 1.54) is 0 Å². The molecule has 0 heterocycles. The van der Waals surface area contributed by atoms with E-state index in [0.717, 1.165) is 24.8 Å². The minimum Gasteiger partial charge on any atom is -0.316 e. The van der Waals surface area contributed by atoms with Crippen molar-refractivity contribution in [3.8, 4) is 0 Å². The van der Waals surface area contributed by atoms with Crippen LogP contribution >= 0.6 is 17.8 Å². The standard InChI is InChI=1S/C17H25F6NP2/c1-11(2)15(3,26-7-5-24-4-6-25)12-8-13(16(18,19)20)10-14(9-12)17(21,22)23/h8-11,24,26H,4-7,25H2,1-3H3. The van der Waals surface area contributed by atoms with E-state index in [2.05, 4.69) is 14.6 Å². The summed E-state index contributed by atoms with van der Waals surface area (Å²) in [5.41, 5.74) is -2.40. The zero-order valence-corrected chi connectivity index (χ0v) is 17.1. The Kier molecular flexibility index (Phi) is 8.38. The van der Waals surface area contributed by atoms with Gasteiger partial charge in [-0.15, -0.1) is 17.8 Å². The number of nitrogens with one attached hydrogen (secondary N) is 1. The summed E-state index contributed by atoms with van der Waals surface area (Å²) in [4.78, 5) is 0. The highest BCUT2D eigenvalue weighted by Gasteiger charge is 2.40. The van der Waals surface area contributed by atoms with Gasteiger partial charge in [-0.05, 0) is 55.1 Å². The quantitative estimate of drug-likeness (QED) is 0.322. The van der Waals surface area contributed by atoms with Crippen molar-refractivity contribution in [2.24, 2.45) is 5.92 Å². The van der Waals surface area contributed by atoms with E-state index < -0.39 is 28.6 Å². The smallest absolute Gasteiger partial charge is 0.316 e. The van der Waals surface area contributed by atoms with Gasteiger partial charge >= 0.3 is 12.4 Å². The first kappa shape index (κ1) is 23.7. The molecule has 26 heavy (non-hydrogen) atoms. The summed E-state index contributed by atoms with van der Waals surface area (Å²) in [5.74, 6) is -0.105. The van der Waals surface area contributed by atoms with Crippen molar-refractivity contribution in [2.45, 2.75) is 38.3 Å². The molecule has 0 aliphatic heterocycles. The Bertz CT molecular complexity index is 553. The number of halogens is 6. The lowest BCUT2D eigenvalue weighted by Crippen LogP contribution is -2.27. The molecular formula is C17H25F6NP2. The number of hydrogen-bond donors (Lipinski definition) is 1. The van der Waals surface area contributed by atoms with Crippen LogP contribution in [0.3, 0.4) is 0 Å². The third kappa shape index (κ3) is 6.35. The molecule has 0 aliphatic carbocycles. The maximum atomic E-state index is 13.1. The van der Waals surface area contributed by atoms with Gasteiger partial charge in [0.15, 0.2) is 0 Å². The molecule has 1 aromatic carbocycles. The zero-order valence-electron chi connectivity index (χ0n) is 15.0. The highest BCUT2D eigenvalue weighted by atomic mass is 31.1. The molecule has 0 spiro atoms. The van der Waals surface area contributed by atoms with Gasteiger partial charge < -0.3 is 5.32 Å². The van der Waals surface area contributed by atoms with E-state index in [1.54, 1.807) is 6.92 Å². The summed E-state index contributed by atoms with van der Waals surface area (Å²) < 4.78 is 78.8. The van der Waals surface area contributed by atoms with Gasteiger partial charge in [0, 0.05) is 5.16 Å². The van der Waals surface area contributed by atoms with Crippen LogP contribution in [0.2, 0.25) is 0 Å². The largest absolute Gasteiger partial charge is 0.416 e. The van der Waals surface area contributed by atoms with Crippen molar-refractivity contribution in [1.82, 2.24) is 5.32 Å². The average Bonchev–Trinajstić information content (AvgIpc) is 2.52. The molecule has 0 saturated carbocycles. The van der Waals surface area contributed by atoms with E-state index in [9.17, 15) is 26.3 Å². The molecule has 1 rings (SSSR count). The average molecular weight is 419 g/mol. The van der Waals surface area contributed by atoms with E-state index in [1.807, 2.05) is 13.8 Å². The molecule has 9 heteroatoms. The Morgan fingerprint density at radius 1 is 0.923 bits per heavy atom. The molecule has 0 radical (unpaired) electrons. The predicted molar refractivity (Wildman–Crippen MR) is 99.3 cm³/mol. The van der Waals surface area contributed by atoms with Gasteiger partial charge in [-0.25, -0.2) is 0 Å². The van der Waals surface area contributed by atoms with E-state index in [0.29, 0.717) is 12.7 Å². The summed E-state index contributed by atoms with van der Waals surface area (Å²) in [7, 11) is 2.78. The summed E-state index contributed by atoms with van der Waals surface area (Å²) >= 11 is 0. The molecule has 0 fully saturated rings. The van der Waals surface area contributed by atoms with Gasteiger partial charge in [0.1, 0.15) is 0 Å². The fraction of sp³-hybridized carbons (Fsp3) is 0.647. The summed E-state index contributed by atoms with van der Waals surface area (Å²) in [6.45, 7) is 6.89. The number of hydrogen-bond acceptors (Lipinski definition) is 1. The summed E-state index contributed by atoms with van der Waals surface area (Å²) in [6.07, 6.45) is -8.07. The van der Waals surface area contributed by atoms with E-state index in [4.69, 9.17) is 0 Å². The molecule has 0 aromatic heterocycles. The van der Waals surface area contributed by atoms with Crippen molar-refractivity contribution < 1.29 is 26.3 Å². The molecule has 3 unspecified atom stereocenters. The van der Waals surface area contributed by atoms with Crippen molar-refractivity contribution in [3.05, 3.63) is 34.9 Å². The zero-order chi connectivity index (χ0) is 20.2. The fourth-order valence-corrected chi connectivity index (χ4v) is 4.31. The Morgan fingerprint density at radius 3 is 1.77 bits per heavy atom. The van der Waals surface area contributed by atoms with Crippen molar-refractivity contribution in [2.75, 3.05) is 25.4 Å². The topological polar surface area (TPSA) is 12.0 Å². The maximum absolute atomic E-state index is 13.1. The van der Waals surface area contributed by atoms with Gasteiger partial charge in [-0.2, -0.15) is 26.3 Å². The molecular weight excluding hydrogens is 394 g/mol. The molecule has 1 aromatic rings. The molecule has 1 N–H and O–H groups in total. The SMILES string of the molecule is CC(C)C(C)(PCCNCCP)c1cc(C(F)(F)F)cc(C(F)(F)F)c1. The van der Waals surface area contributed by atoms with Crippen LogP contribution in [0.5, 0.6) is 0 Å². The predicted octanol–water partition coefficient (Wildman–Crippen LogP) is 5.74. The van der Waals surface area contributed by atoms with E-state index in [-0.39, 0.29) is 26.1 Å². The van der Waals surface area contributed by atoms with Gasteiger partial charge in [0.25, 0.3) is 0 Å². The van der Waals surface area contributed by atoms with Crippen LogP contribution in [-0.4, -0.2) is 25.4 Å².